The molecule has 3 nitrogen and oxygen atoms in total. The Bertz CT molecular complexity index is 453. The molecule has 2 N–H and O–H groups in total. The monoisotopic (exact) mass is 264 g/mol. The Balaban J connectivity index is 1.92. The highest BCUT2D eigenvalue weighted by Crippen LogP contribution is 2.25. The van der Waals surface area contributed by atoms with Crippen LogP contribution in [0.2, 0.25) is 0 Å². The van der Waals surface area contributed by atoms with Crippen molar-refractivity contribution in [2.45, 2.75) is 38.6 Å². The Hall–Kier alpha value is -1.42. The molecule has 1 aliphatic rings. The highest BCUT2D eigenvalue weighted by atomic mass is 19.1. The maximum absolute atomic E-state index is 13.2. The minimum atomic E-state index is -0.243. The van der Waals surface area contributed by atoms with Crippen molar-refractivity contribution in [3.63, 3.8) is 0 Å². The maximum Gasteiger partial charge on any atom is 0.227 e. The predicted molar refractivity (Wildman–Crippen MR) is 74.6 cm³/mol. The van der Waals surface area contributed by atoms with E-state index in [9.17, 15) is 9.18 Å². The fourth-order valence-electron chi connectivity index (χ4n) is 2.61. The lowest BCUT2D eigenvalue weighted by Crippen LogP contribution is -2.34. The molecule has 0 atom stereocenters. The molecular weight excluding hydrogens is 243 g/mol. The fraction of sp³-hybridized carbons (Fsp3) is 0.533. The van der Waals surface area contributed by atoms with Crippen molar-refractivity contribution in [1.29, 1.82) is 0 Å². The molecule has 1 aromatic carbocycles. The number of benzene rings is 1. The smallest absolute Gasteiger partial charge is 0.227 e. The number of hydrogen-bond acceptors (Lipinski definition) is 2. The zero-order valence-corrected chi connectivity index (χ0v) is 11.5. The summed E-state index contributed by atoms with van der Waals surface area (Å²) in [6.07, 6.45) is 3.91. The quantitative estimate of drug-likeness (QED) is 0.881. The summed E-state index contributed by atoms with van der Waals surface area (Å²) in [5.74, 6) is -0.108. The Morgan fingerprint density at radius 1 is 1.26 bits per heavy atom. The van der Waals surface area contributed by atoms with Crippen molar-refractivity contribution in [3.05, 3.63) is 29.6 Å². The molecule has 0 heterocycles. The van der Waals surface area contributed by atoms with Crippen molar-refractivity contribution in [1.82, 2.24) is 5.32 Å². The van der Waals surface area contributed by atoms with Gasteiger partial charge < -0.3 is 10.6 Å². The van der Waals surface area contributed by atoms with Gasteiger partial charge in [0.1, 0.15) is 5.82 Å². The van der Waals surface area contributed by atoms with Gasteiger partial charge in [-0.2, -0.15) is 0 Å². The van der Waals surface area contributed by atoms with Crippen LogP contribution >= 0.6 is 0 Å². The Morgan fingerprint density at radius 2 is 1.95 bits per heavy atom. The van der Waals surface area contributed by atoms with E-state index in [2.05, 4.69) is 10.6 Å². The molecule has 1 aromatic rings. The summed E-state index contributed by atoms with van der Waals surface area (Å²) in [5, 5.41) is 6.14. The topological polar surface area (TPSA) is 41.1 Å². The van der Waals surface area contributed by atoms with Crippen molar-refractivity contribution in [3.8, 4) is 0 Å². The average Bonchev–Trinajstić information content (AvgIpc) is 2.43. The lowest BCUT2D eigenvalue weighted by atomic mass is 9.85. The largest absolute Gasteiger partial charge is 0.326 e. The van der Waals surface area contributed by atoms with E-state index in [1.165, 1.54) is 6.07 Å². The average molecular weight is 264 g/mol. The first-order valence-corrected chi connectivity index (χ1v) is 6.84. The molecule has 1 aliphatic carbocycles. The first kappa shape index (κ1) is 14.0. The van der Waals surface area contributed by atoms with E-state index in [1.807, 2.05) is 7.05 Å². The number of amides is 1. The van der Waals surface area contributed by atoms with Crippen LogP contribution in [0, 0.1) is 18.7 Å². The first-order valence-electron chi connectivity index (χ1n) is 6.84. The second kappa shape index (κ2) is 6.15. The van der Waals surface area contributed by atoms with Crippen LogP contribution in [0.3, 0.4) is 0 Å². The van der Waals surface area contributed by atoms with Gasteiger partial charge in [0, 0.05) is 17.6 Å². The number of nitrogens with one attached hydrogen (secondary N) is 2. The van der Waals surface area contributed by atoms with Crippen LogP contribution in [-0.4, -0.2) is 19.0 Å². The number of anilines is 1. The number of carbonyl (C=O) groups is 1. The van der Waals surface area contributed by atoms with Gasteiger partial charge in [0.2, 0.25) is 5.91 Å². The summed E-state index contributed by atoms with van der Waals surface area (Å²) in [7, 11) is 1.96. The molecule has 1 fully saturated rings. The standard InChI is InChI=1S/C15H21FN2O/c1-10-9-13(7-8-14(10)16)18-15(19)11-3-5-12(17-2)6-4-11/h7-9,11-12,17H,3-6H2,1-2H3,(H,18,19). The van der Waals surface area contributed by atoms with E-state index < -0.39 is 0 Å². The SMILES string of the molecule is CNC1CCC(C(=O)Nc2ccc(F)c(C)c2)CC1. The maximum atomic E-state index is 13.2. The molecule has 2 rings (SSSR count). The highest BCUT2D eigenvalue weighted by Gasteiger charge is 2.25. The third-order valence-electron chi connectivity index (χ3n) is 3.93. The minimum Gasteiger partial charge on any atom is -0.326 e. The van der Waals surface area contributed by atoms with E-state index in [-0.39, 0.29) is 17.6 Å². The van der Waals surface area contributed by atoms with Gasteiger partial charge in [0.05, 0.1) is 0 Å². The molecule has 0 aromatic heterocycles. The summed E-state index contributed by atoms with van der Waals surface area (Å²) < 4.78 is 13.2. The zero-order chi connectivity index (χ0) is 13.8. The molecule has 0 radical (unpaired) electrons. The number of aryl methyl sites for hydroxylation is 1. The van der Waals surface area contributed by atoms with Crippen molar-refractivity contribution in [2.75, 3.05) is 12.4 Å². The summed E-state index contributed by atoms with van der Waals surface area (Å²) in [6, 6.07) is 5.21. The van der Waals surface area contributed by atoms with Gasteiger partial charge in [-0.05, 0) is 63.4 Å². The second-order valence-corrected chi connectivity index (χ2v) is 5.29. The molecule has 0 aliphatic heterocycles. The predicted octanol–water partition coefficient (Wildman–Crippen LogP) is 2.85. The van der Waals surface area contributed by atoms with Gasteiger partial charge >= 0.3 is 0 Å². The van der Waals surface area contributed by atoms with Crippen LogP contribution in [0.1, 0.15) is 31.2 Å². The molecule has 1 saturated carbocycles. The fourth-order valence-corrected chi connectivity index (χ4v) is 2.61. The second-order valence-electron chi connectivity index (χ2n) is 5.29. The Labute approximate surface area is 113 Å². The van der Waals surface area contributed by atoms with E-state index in [4.69, 9.17) is 0 Å². The summed E-state index contributed by atoms with van der Waals surface area (Å²) in [4.78, 5) is 12.1. The molecular formula is C15H21FN2O. The van der Waals surface area contributed by atoms with Gasteiger partial charge in [-0.15, -0.1) is 0 Å². The minimum absolute atomic E-state index is 0.0561. The number of rotatable bonds is 3. The highest BCUT2D eigenvalue weighted by molar-refractivity contribution is 5.92. The van der Waals surface area contributed by atoms with Gasteiger partial charge in [-0.3, -0.25) is 4.79 Å². The van der Waals surface area contributed by atoms with Crippen molar-refractivity contribution < 1.29 is 9.18 Å². The Kier molecular flexibility index (Phi) is 4.53. The van der Waals surface area contributed by atoms with Crippen LogP contribution < -0.4 is 10.6 Å². The van der Waals surface area contributed by atoms with Crippen molar-refractivity contribution >= 4 is 11.6 Å². The van der Waals surface area contributed by atoms with Crippen LogP contribution in [0.5, 0.6) is 0 Å². The molecule has 1 amide bonds. The van der Waals surface area contributed by atoms with Gasteiger partial charge in [-0.1, -0.05) is 0 Å². The molecule has 0 saturated heterocycles. The lowest BCUT2D eigenvalue weighted by Gasteiger charge is -2.27. The third-order valence-corrected chi connectivity index (χ3v) is 3.93. The van der Waals surface area contributed by atoms with Crippen LogP contribution in [0.15, 0.2) is 18.2 Å². The normalized spacial score (nSPS) is 23.1. The van der Waals surface area contributed by atoms with Gasteiger partial charge in [0.25, 0.3) is 0 Å². The number of halogens is 1. The summed E-state index contributed by atoms with van der Waals surface area (Å²) in [6.45, 7) is 1.70. The van der Waals surface area contributed by atoms with E-state index >= 15 is 0 Å². The third kappa shape index (κ3) is 3.53. The zero-order valence-electron chi connectivity index (χ0n) is 11.5. The van der Waals surface area contributed by atoms with E-state index in [0.717, 1.165) is 25.7 Å². The van der Waals surface area contributed by atoms with Gasteiger partial charge in [-0.25, -0.2) is 4.39 Å². The summed E-state index contributed by atoms with van der Waals surface area (Å²) in [5.41, 5.74) is 1.23. The summed E-state index contributed by atoms with van der Waals surface area (Å²) >= 11 is 0. The lowest BCUT2D eigenvalue weighted by molar-refractivity contribution is -0.120. The Morgan fingerprint density at radius 3 is 2.53 bits per heavy atom. The number of hydrogen-bond donors (Lipinski definition) is 2. The van der Waals surface area contributed by atoms with Crippen LogP contribution in [0.25, 0.3) is 0 Å². The molecule has 0 spiro atoms. The van der Waals surface area contributed by atoms with Crippen LogP contribution in [0.4, 0.5) is 10.1 Å². The van der Waals surface area contributed by atoms with Gasteiger partial charge in [0.15, 0.2) is 0 Å². The van der Waals surface area contributed by atoms with E-state index in [0.29, 0.717) is 17.3 Å². The van der Waals surface area contributed by atoms with E-state index in [1.54, 1.807) is 19.1 Å². The molecule has 19 heavy (non-hydrogen) atoms. The molecule has 0 unspecified atom stereocenters. The van der Waals surface area contributed by atoms with Crippen molar-refractivity contribution in [2.24, 2.45) is 5.92 Å². The molecule has 0 bridgehead atoms. The number of carbonyl (C=O) groups excluding carboxylic acids is 1. The first-order chi connectivity index (χ1) is 9.10. The molecule has 104 valence electrons. The van der Waals surface area contributed by atoms with Crippen LogP contribution in [-0.2, 0) is 4.79 Å². The molecule has 4 heteroatoms.